The molecule has 1 aromatic heterocycles. The maximum Gasteiger partial charge on any atom is 0.180 e. The van der Waals surface area contributed by atoms with E-state index in [4.69, 9.17) is 9.47 Å². The van der Waals surface area contributed by atoms with E-state index in [-0.39, 0.29) is 11.7 Å². The number of pyridine rings is 1. The van der Waals surface area contributed by atoms with Crippen LogP contribution in [0.3, 0.4) is 0 Å². The van der Waals surface area contributed by atoms with Gasteiger partial charge in [-0.2, -0.15) is 0 Å². The maximum absolute atomic E-state index is 11.0. The minimum atomic E-state index is -0.374. The van der Waals surface area contributed by atoms with Gasteiger partial charge in [-0.15, -0.1) is 0 Å². The molecule has 0 saturated heterocycles. The minimum absolute atomic E-state index is 0.251. The first kappa shape index (κ1) is 11.9. The molecule has 0 bridgehead atoms. The maximum atomic E-state index is 11.0. The van der Waals surface area contributed by atoms with Crippen LogP contribution >= 0.6 is 0 Å². The van der Waals surface area contributed by atoms with Gasteiger partial charge in [0.15, 0.2) is 17.8 Å². The topological polar surface area (TPSA) is 48.4 Å². The molecule has 4 heteroatoms. The quantitative estimate of drug-likeness (QED) is 0.753. The van der Waals surface area contributed by atoms with Gasteiger partial charge in [0, 0.05) is 6.20 Å². The molecule has 0 aliphatic heterocycles. The molecule has 0 radical (unpaired) electrons. The monoisotopic (exact) mass is 235 g/mol. The van der Waals surface area contributed by atoms with Crippen molar-refractivity contribution in [3.63, 3.8) is 0 Å². The third kappa shape index (κ3) is 3.19. The average Bonchev–Trinajstić information content (AvgIpc) is 3.02. The van der Waals surface area contributed by atoms with Gasteiger partial charge in [0.1, 0.15) is 5.60 Å². The third-order valence-electron chi connectivity index (χ3n) is 2.24. The molecule has 0 spiro atoms. The van der Waals surface area contributed by atoms with Crippen molar-refractivity contribution < 1.29 is 14.3 Å². The Bertz CT molecular complexity index is 419. The molecular formula is C13H17NO3. The van der Waals surface area contributed by atoms with Crippen LogP contribution in [0.25, 0.3) is 0 Å². The van der Waals surface area contributed by atoms with Crippen molar-refractivity contribution in [2.24, 2.45) is 0 Å². The lowest BCUT2D eigenvalue weighted by molar-refractivity contribution is 0.107. The van der Waals surface area contributed by atoms with E-state index in [1.807, 2.05) is 20.8 Å². The standard InChI is InChI=1S/C13H17NO3/c1-13(2,3)17-12-9(8-15)6-14-7-11(12)16-10-4-5-10/h6-8,10H,4-5H2,1-3H3. The molecule has 0 atom stereocenters. The summed E-state index contributed by atoms with van der Waals surface area (Å²) in [5, 5.41) is 0. The first-order valence-electron chi connectivity index (χ1n) is 5.78. The Morgan fingerprint density at radius 1 is 1.35 bits per heavy atom. The van der Waals surface area contributed by atoms with Crippen molar-refractivity contribution in [1.82, 2.24) is 4.98 Å². The Morgan fingerprint density at radius 2 is 2.06 bits per heavy atom. The van der Waals surface area contributed by atoms with Gasteiger partial charge in [0.05, 0.1) is 17.9 Å². The largest absolute Gasteiger partial charge is 0.485 e. The lowest BCUT2D eigenvalue weighted by Crippen LogP contribution is -2.24. The second-order valence-corrected chi connectivity index (χ2v) is 5.21. The lowest BCUT2D eigenvalue weighted by Gasteiger charge is -2.23. The zero-order valence-corrected chi connectivity index (χ0v) is 10.4. The van der Waals surface area contributed by atoms with Crippen LogP contribution in [0.2, 0.25) is 0 Å². The highest BCUT2D eigenvalue weighted by atomic mass is 16.5. The number of ether oxygens (including phenoxy) is 2. The highest BCUT2D eigenvalue weighted by Gasteiger charge is 2.27. The van der Waals surface area contributed by atoms with Crippen LogP contribution in [0, 0.1) is 0 Å². The zero-order chi connectivity index (χ0) is 12.5. The summed E-state index contributed by atoms with van der Waals surface area (Å²) >= 11 is 0. The second kappa shape index (κ2) is 4.35. The minimum Gasteiger partial charge on any atom is -0.485 e. The zero-order valence-electron chi connectivity index (χ0n) is 10.4. The number of hydrogen-bond acceptors (Lipinski definition) is 4. The molecule has 1 aliphatic carbocycles. The van der Waals surface area contributed by atoms with E-state index < -0.39 is 0 Å². The van der Waals surface area contributed by atoms with E-state index >= 15 is 0 Å². The third-order valence-corrected chi connectivity index (χ3v) is 2.24. The van der Waals surface area contributed by atoms with Crippen LogP contribution in [-0.4, -0.2) is 23.0 Å². The average molecular weight is 235 g/mol. The number of rotatable bonds is 4. The van der Waals surface area contributed by atoms with Crippen LogP contribution in [0.15, 0.2) is 12.4 Å². The molecule has 1 heterocycles. The number of nitrogens with zero attached hydrogens (tertiary/aromatic N) is 1. The molecule has 2 rings (SSSR count). The predicted octanol–water partition coefficient (Wildman–Crippen LogP) is 2.61. The summed E-state index contributed by atoms with van der Waals surface area (Å²) < 4.78 is 11.5. The summed E-state index contributed by atoms with van der Waals surface area (Å²) in [5.74, 6) is 1.06. The number of carbonyl (C=O) groups is 1. The fraction of sp³-hybridized carbons (Fsp3) is 0.538. The van der Waals surface area contributed by atoms with E-state index in [1.165, 1.54) is 6.20 Å². The van der Waals surface area contributed by atoms with Gasteiger partial charge in [-0.1, -0.05) is 0 Å². The fourth-order valence-electron chi connectivity index (χ4n) is 1.39. The first-order chi connectivity index (χ1) is 7.99. The van der Waals surface area contributed by atoms with Crippen LogP contribution in [0.4, 0.5) is 0 Å². The SMILES string of the molecule is CC(C)(C)Oc1c(C=O)cncc1OC1CC1. The summed E-state index contributed by atoms with van der Waals surface area (Å²) in [7, 11) is 0. The molecule has 0 unspecified atom stereocenters. The molecule has 1 saturated carbocycles. The summed E-state index contributed by atoms with van der Waals surface area (Å²) in [5.41, 5.74) is 0.0545. The lowest BCUT2D eigenvalue weighted by atomic mass is 10.2. The molecular weight excluding hydrogens is 218 g/mol. The van der Waals surface area contributed by atoms with Crippen LogP contribution in [0.1, 0.15) is 44.0 Å². The Balaban J connectivity index is 2.31. The number of aldehydes is 1. The molecule has 1 aromatic rings. The molecule has 0 aromatic carbocycles. The van der Waals surface area contributed by atoms with E-state index in [9.17, 15) is 4.79 Å². The predicted molar refractivity (Wildman–Crippen MR) is 63.7 cm³/mol. The highest BCUT2D eigenvalue weighted by Crippen LogP contribution is 2.36. The van der Waals surface area contributed by atoms with Crippen molar-refractivity contribution in [3.05, 3.63) is 18.0 Å². The van der Waals surface area contributed by atoms with E-state index in [1.54, 1.807) is 6.20 Å². The molecule has 92 valence electrons. The van der Waals surface area contributed by atoms with Crippen molar-refractivity contribution in [2.75, 3.05) is 0 Å². The Hall–Kier alpha value is -1.58. The summed E-state index contributed by atoms with van der Waals surface area (Å²) in [6, 6.07) is 0. The highest BCUT2D eigenvalue weighted by molar-refractivity contribution is 5.80. The molecule has 1 fully saturated rings. The molecule has 0 N–H and O–H groups in total. The van der Waals surface area contributed by atoms with Crippen molar-refractivity contribution in [1.29, 1.82) is 0 Å². The summed E-state index contributed by atoms with van der Waals surface area (Å²) in [6.45, 7) is 5.80. The van der Waals surface area contributed by atoms with Gasteiger partial charge < -0.3 is 9.47 Å². The van der Waals surface area contributed by atoms with Crippen LogP contribution < -0.4 is 9.47 Å². The normalized spacial score (nSPS) is 15.5. The van der Waals surface area contributed by atoms with E-state index in [2.05, 4.69) is 4.98 Å². The molecule has 4 nitrogen and oxygen atoms in total. The van der Waals surface area contributed by atoms with Gasteiger partial charge in [-0.05, 0) is 33.6 Å². The Morgan fingerprint density at radius 3 is 2.59 bits per heavy atom. The number of hydrogen-bond donors (Lipinski definition) is 0. The molecule has 17 heavy (non-hydrogen) atoms. The van der Waals surface area contributed by atoms with Gasteiger partial charge in [0.25, 0.3) is 0 Å². The summed E-state index contributed by atoms with van der Waals surface area (Å²) in [4.78, 5) is 15.0. The van der Waals surface area contributed by atoms with Crippen molar-refractivity contribution in [2.45, 2.75) is 45.3 Å². The van der Waals surface area contributed by atoms with Gasteiger partial charge >= 0.3 is 0 Å². The van der Waals surface area contributed by atoms with Crippen LogP contribution in [0.5, 0.6) is 11.5 Å². The first-order valence-corrected chi connectivity index (χ1v) is 5.78. The second-order valence-electron chi connectivity index (χ2n) is 5.21. The number of carbonyl (C=O) groups excluding carboxylic acids is 1. The number of aromatic nitrogens is 1. The Kier molecular flexibility index (Phi) is 3.05. The van der Waals surface area contributed by atoms with Crippen LogP contribution in [-0.2, 0) is 0 Å². The van der Waals surface area contributed by atoms with E-state index in [0.717, 1.165) is 19.1 Å². The molecule has 0 amide bonds. The molecule has 1 aliphatic rings. The fourth-order valence-corrected chi connectivity index (χ4v) is 1.39. The van der Waals surface area contributed by atoms with E-state index in [0.29, 0.717) is 17.1 Å². The van der Waals surface area contributed by atoms with Crippen molar-refractivity contribution in [3.8, 4) is 11.5 Å². The van der Waals surface area contributed by atoms with Gasteiger partial charge in [0.2, 0.25) is 0 Å². The van der Waals surface area contributed by atoms with Gasteiger partial charge in [-0.25, -0.2) is 0 Å². The van der Waals surface area contributed by atoms with Gasteiger partial charge in [-0.3, -0.25) is 9.78 Å². The Labute approximate surface area is 101 Å². The summed E-state index contributed by atoms with van der Waals surface area (Å²) in [6.07, 6.45) is 6.20. The van der Waals surface area contributed by atoms with Crippen molar-refractivity contribution >= 4 is 6.29 Å². The smallest absolute Gasteiger partial charge is 0.180 e.